The second-order valence-electron chi connectivity index (χ2n) is 5.66. The molecule has 1 aliphatic rings. The first kappa shape index (κ1) is 16.5. The molecular weight excluding hydrogens is 300 g/mol. The van der Waals surface area contributed by atoms with Crippen LogP contribution in [0.15, 0.2) is 16.8 Å². The first-order valence-corrected chi connectivity index (χ1v) is 8.36. The zero-order chi connectivity index (χ0) is 16.2. The van der Waals surface area contributed by atoms with E-state index in [9.17, 15) is 14.9 Å². The van der Waals surface area contributed by atoms with Crippen molar-refractivity contribution in [2.24, 2.45) is 0 Å². The summed E-state index contributed by atoms with van der Waals surface area (Å²) in [4.78, 5) is 25.9. The Morgan fingerprint density at radius 1 is 1.41 bits per heavy atom. The van der Waals surface area contributed by atoms with Gasteiger partial charge in [0.25, 0.3) is 5.91 Å². The van der Waals surface area contributed by atoms with Crippen LogP contribution in [0, 0.1) is 11.3 Å². The molecule has 1 atom stereocenters. The van der Waals surface area contributed by atoms with Gasteiger partial charge in [0.2, 0.25) is 0 Å². The zero-order valence-electron chi connectivity index (χ0n) is 12.9. The normalized spacial score (nSPS) is 18.0. The molecule has 22 heavy (non-hydrogen) atoms. The van der Waals surface area contributed by atoms with Crippen LogP contribution in [0.4, 0.5) is 0 Å². The number of hydrogen-bond acceptors (Lipinski definition) is 5. The van der Waals surface area contributed by atoms with E-state index >= 15 is 0 Å². The lowest BCUT2D eigenvalue weighted by molar-refractivity contribution is -0.143. The predicted octanol–water partition coefficient (Wildman–Crippen LogP) is 2.98. The van der Waals surface area contributed by atoms with Gasteiger partial charge in [-0.05, 0) is 31.2 Å². The number of nitrogens with zero attached hydrogens (tertiary/aromatic N) is 2. The number of nitriles is 1. The van der Waals surface area contributed by atoms with Gasteiger partial charge in [0, 0.05) is 12.4 Å². The average Bonchev–Trinajstić information content (AvgIpc) is 3.08. The molecule has 0 unspecified atom stereocenters. The minimum Gasteiger partial charge on any atom is -0.449 e. The Labute approximate surface area is 134 Å². The highest BCUT2D eigenvalue weighted by molar-refractivity contribution is 7.08. The highest BCUT2D eigenvalue weighted by atomic mass is 32.1. The molecule has 0 radical (unpaired) electrons. The molecule has 0 spiro atoms. The third-order valence-electron chi connectivity index (χ3n) is 4.25. The van der Waals surface area contributed by atoms with E-state index in [1.54, 1.807) is 30.8 Å². The van der Waals surface area contributed by atoms with Crippen LogP contribution in [0.5, 0.6) is 0 Å². The molecular formula is C16H20N2O3S. The molecule has 1 heterocycles. The Morgan fingerprint density at radius 2 is 2.09 bits per heavy atom. The minimum atomic E-state index is -0.899. The van der Waals surface area contributed by atoms with E-state index in [0.29, 0.717) is 18.4 Å². The summed E-state index contributed by atoms with van der Waals surface area (Å²) in [7, 11) is 1.63. The van der Waals surface area contributed by atoms with Crippen molar-refractivity contribution >= 4 is 23.2 Å². The second-order valence-corrected chi connectivity index (χ2v) is 6.44. The molecule has 0 N–H and O–H groups in total. The van der Waals surface area contributed by atoms with Gasteiger partial charge in [0.15, 0.2) is 6.10 Å². The number of rotatable bonds is 4. The number of carbonyl (C=O) groups is 2. The molecule has 0 saturated heterocycles. The lowest BCUT2D eigenvalue weighted by Gasteiger charge is -2.39. The number of carbonyl (C=O) groups excluding carboxylic acids is 2. The Bertz CT molecular complexity index is 571. The van der Waals surface area contributed by atoms with Crippen molar-refractivity contribution in [3.8, 4) is 6.07 Å². The molecule has 1 aromatic heterocycles. The summed E-state index contributed by atoms with van der Waals surface area (Å²) in [6.45, 7) is 1.55. The summed E-state index contributed by atoms with van der Waals surface area (Å²) in [5.41, 5.74) is -0.321. The summed E-state index contributed by atoms with van der Waals surface area (Å²) in [5, 5.41) is 13.0. The van der Waals surface area contributed by atoms with Gasteiger partial charge >= 0.3 is 5.97 Å². The first-order chi connectivity index (χ1) is 10.5. The first-order valence-electron chi connectivity index (χ1n) is 7.42. The summed E-state index contributed by atoms with van der Waals surface area (Å²) in [5.74, 6) is -0.836. The van der Waals surface area contributed by atoms with Crippen molar-refractivity contribution in [1.29, 1.82) is 5.26 Å². The van der Waals surface area contributed by atoms with Gasteiger partial charge in [-0.2, -0.15) is 16.6 Å². The van der Waals surface area contributed by atoms with Crippen LogP contribution >= 0.6 is 11.3 Å². The Balaban J connectivity index is 2.03. The lowest BCUT2D eigenvalue weighted by atomic mass is 9.81. The molecule has 1 aromatic rings. The van der Waals surface area contributed by atoms with Crippen LogP contribution in [0.3, 0.4) is 0 Å². The van der Waals surface area contributed by atoms with Crippen LogP contribution in [0.1, 0.15) is 49.4 Å². The van der Waals surface area contributed by atoms with E-state index in [2.05, 4.69) is 6.07 Å². The lowest BCUT2D eigenvalue weighted by Crippen LogP contribution is -2.53. The Hall–Kier alpha value is -1.87. The van der Waals surface area contributed by atoms with E-state index in [1.165, 1.54) is 16.2 Å². The smallest absolute Gasteiger partial charge is 0.339 e. The SMILES string of the molecule is C[C@@H](OC(=O)c1ccsc1)C(=O)N(C)C1(C#N)CCCCC1. The van der Waals surface area contributed by atoms with Gasteiger partial charge in [-0.1, -0.05) is 19.3 Å². The van der Waals surface area contributed by atoms with Gasteiger partial charge in [-0.15, -0.1) is 0 Å². The van der Waals surface area contributed by atoms with Crippen LogP contribution in [0.25, 0.3) is 0 Å². The van der Waals surface area contributed by atoms with Gasteiger partial charge < -0.3 is 9.64 Å². The number of amides is 1. The zero-order valence-corrected chi connectivity index (χ0v) is 13.7. The Morgan fingerprint density at radius 3 is 2.64 bits per heavy atom. The van der Waals surface area contributed by atoms with E-state index in [0.717, 1.165) is 19.3 Å². The van der Waals surface area contributed by atoms with Crippen molar-refractivity contribution in [1.82, 2.24) is 4.90 Å². The van der Waals surface area contributed by atoms with Crippen molar-refractivity contribution in [2.45, 2.75) is 50.7 Å². The maximum Gasteiger partial charge on any atom is 0.339 e. The highest BCUT2D eigenvalue weighted by Crippen LogP contribution is 2.32. The summed E-state index contributed by atoms with van der Waals surface area (Å²) in [6, 6.07) is 3.96. The van der Waals surface area contributed by atoms with Crippen molar-refractivity contribution in [3.63, 3.8) is 0 Å². The molecule has 1 saturated carbocycles. The standard InChI is InChI=1S/C16H20N2O3S/c1-12(21-15(20)13-6-9-22-10-13)14(19)18(2)16(11-17)7-4-3-5-8-16/h6,9-10,12H,3-5,7-8H2,1-2H3/t12-/m1/s1. The van der Waals surface area contributed by atoms with Gasteiger partial charge in [-0.25, -0.2) is 4.79 Å². The molecule has 1 fully saturated rings. The van der Waals surface area contributed by atoms with Gasteiger partial charge in [-0.3, -0.25) is 4.79 Å². The van der Waals surface area contributed by atoms with Crippen molar-refractivity contribution in [2.75, 3.05) is 7.05 Å². The molecule has 1 aliphatic carbocycles. The van der Waals surface area contributed by atoms with Gasteiger partial charge in [0.05, 0.1) is 11.6 Å². The topological polar surface area (TPSA) is 70.4 Å². The summed E-state index contributed by atoms with van der Waals surface area (Å²) < 4.78 is 5.23. The fraction of sp³-hybridized carbons (Fsp3) is 0.562. The number of hydrogen-bond donors (Lipinski definition) is 0. The van der Waals surface area contributed by atoms with E-state index in [1.807, 2.05) is 0 Å². The van der Waals surface area contributed by atoms with Crippen molar-refractivity contribution < 1.29 is 14.3 Å². The number of esters is 1. The minimum absolute atomic E-state index is 0.327. The van der Waals surface area contributed by atoms with Crippen LogP contribution < -0.4 is 0 Å². The van der Waals surface area contributed by atoms with E-state index in [4.69, 9.17) is 4.74 Å². The van der Waals surface area contributed by atoms with E-state index < -0.39 is 17.6 Å². The summed E-state index contributed by atoms with van der Waals surface area (Å²) >= 11 is 1.40. The third kappa shape index (κ3) is 3.30. The monoisotopic (exact) mass is 320 g/mol. The van der Waals surface area contributed by atoms with Crippen molar-refractivity contribution in [3.05, 3.63) is 22.4 Å². The third-order valence-corrected chi connectivity index (χ3v) is 4.93. The molecule has 2 rings (SSSR count). The quantitative estimate of drug-likeness (QED) is 0.800. The molecule has 1 amide bonds. The van der Waals surface area contributed by atoms with Crippen LogP contribution in [-0.4, -0.2) is 35.5 Å². The largest absolute Gasteiger partial charge is 0.449 e. The molecule has 0 aromatic carbocycles. The second kappa shape index (κ2) is 6.93. The van der Waals surface area contributed by atoms with Crippen LogP contribution in [-0.2, 0) is 9.53 Å². The molecule has 0 bridgehead atoms. The highest BCUT2D eigenvalue weighted by Gasteiger charge is 2.40. The Kier molecular flexibility index (Phi) is 5.19. The number of ether oxygens (including phenoxy) is 1. The summed E-state index contributed by atoms with van der Waals surface area (Å²) in [6.07, 6.45) is 3.43. The number of likely N-dealkylation sites (N-methyl/N-ethyl adjacent to an activating group) is 1. The van der Waals surface area contributed by atoms with Crippen LogP contribution in [0.2, 0.25) is 0 Å². The fourth-order valence-electron chi connectivity index (χ4n) is 2.80. The predicted molar refractivity (Wildman–Crippen MR) is 83.4 cm³/mol. The molecule has 118 valence electrons. The average molecular weight is 320 g/mol. The molecule has 0 aliphatic heterocycles. The maximum absolute atomic E-state index is 12.5. The van der Waals surface area contributed by atoms with E-state index in [-0.39, 0.29) is 5.91 Å². The fourth-order valence-corrected chi connectivity index (χ4v) is 3.43. The molecule has 6 heteroatoms. The molecule has 5 nitrogen and oxygen atoms in total. The maximum atomic E-state index is 12.5. The number of thiophene rings is 1. The van der Waals surface area contributed by atoms with Gasteiger partial charge in [0.1, 0.15) is 5.54 Å².